The van der Waals surface area contributed by atoms with Crippen molar-refractivity contribution in [2.75, 3.05) is 5.32 Å². The van der Waals surface area contributed by atoms with E-state index in [2.05, 4.69) is 36.2 Å². The molecule has 0 bridgehead atoms. The van der Waals surface area contributed by atoms with Crippen LogP contribution in [-0.2, 0) is 16.8 Å². The average Bonchev–Trinajstić information content (AvgIpc) is 3.06. The smallest absolute Gasteiger partial charge is 0.267 e. The van der Waals surface area contributed by atoms with Gasteiger partial charge >= 0.3 is 0 Å². The molecule has 27 heavy (non-hydrogen) atoms. The van der Waals surface area contributed by atoms with Gasteiger partial charge in [0.15, 0.2) is 5.13 Å². The van der Waals surface area contributed by atoms with Crippen molar-refractivity contribution >= 4 is 34.0 Å². The summed E-state index contributed by atoms with van der Waals surface area (Å²) in [5.41, 5.74) is 1.66. The molecule has 3 rings (SSSR count). The number of carbonyl (C=O) groups excluding carboxylic acids is 1. The summed E-state index contributed by atoms with van der Waals surface area (Å²) >= 11 is 7.54. The molecule has 6 nitrogen and oxygen atoms in total. The molecule has 0 saturated carbocycles. The van der Waals surface area contributed by atoms with Crippen LogP contribution in [0.5, 0.6) is 0 Å². The van der Waals surface area contributed by atoms with E-state index < -0.39 is 0 Å². The van der Waals surface area contributed by atoms with Crippen LogP contribution in [0.1, 0.15) is 26.5 Å². The minimum atomic E-state index is -0.365. The number of anilines is 1. The molecule has 0 radical (unpaired) electrons. The first kappa shape index (κ1) is 19.3. The Morgan fingerprint density at radius 3 is 2.63 bits per heavy atom. The molecule has 8 heteroatoms. The molecule has 0 fully saturated rings. The Hall–Kier alpha value is -2.51. The fraction of sp³-hybridized carbons (Fsp3) is 0.263. The Labute approximate surface area is 165 Å². The summed E-state index contributed by atoms with van der Waals surface area (Å²) in [4.78, 5) is 28.8. The Kier molecular flexibility index (Phi) is 5.43. The van der Waals surface area contributed by atoms with Crippen molar-refractivity contribution in [3.8, 4) is 11.3 Å². The number of amides is 1. The van der Waals surface area contributed by atoms with Gasteiger partial charge in [0.2, 0.25) is 5.91 Å². The predicted octanol–water partition coefficient (Wildman–Crippen LogP) is 3.96. The van der Waals surface area contributed by atoms with Gasteiger partial charge in [0.25, 0.3) is 5.56 Å². The molecular weight excluding hydrogens is 384 g/mol. The van der Waals surface area contributed by atoms with E-state index in [1.165, 1.54) is 17.4 Å². The highest BCUT2D eigenvalue weighted by Crippen LogP contribution is 2.26. The van der Waals surface area contributed by atoms with Gasteiger partial charge in [0.05, 0.1) is 16.4 Å². The Morgan fingerprint density at radius 1 is 1.22 bits per heavy atom. The van der Waals surface area contributed by atoms with Gasteiger partial charge in [-0.05, 0) is 12.1 Å². The van der Waals surface area contributed by atoms with Crippen LogP contribution in [0.3, 0.4) is 0 Å². The van der Waals surface area contributed by atoms with Crippen molar-refractivity contribution in [1.82, 2.24) is 14.8 Å². The van der Waals surface area contributed by atoms with Crippen molar-refractivity contribution in [2.45, 2.75) is 32.7 Å². The highest BCUT2D eigenvalue weighted by molar-refractivity contribution is 7.13. The van der Waals surface area contributed by atoms with E-state index in [0.717, 1.165) is 10.4 Å². The van der Waals surface area contributed by atoms with Crippen LogP contribution < -0.4 is 10.9 Å². The Morgan fingerprint density at radius 2 is 1.96 bits per heavy atom. The molecule has 0 aliphatic carbocycles. The van der Waals surface area contributed by atoms with Crippen molar-refractivity contribution in [2.24, 2.45) is 0 Å². The normalized spacial score (nSPS) is 11.4. The second-order valence-electron chi connectivity index (χ2n) is 7.03. The zero-order chi connectivity index (χ0) is 19.6. The fourth-order valence-electron chi connectivity index (χ4n) is 2.35. The van der Waals surface area contributed by atoms with Crippen LogP contribution in [0.2, 0.25) is 5.02 Å². The maximum atomic E-state index is 12.3. The average molecular weight is 403 g/mol. The first-order chi connectivity index (χ1) is 12.7. The van der Waals surface area contributed by atoms with E-state index in [-0.39, 0.29) is 23.4 Å². The van der Waals surface area contributed by atoms with Gasteiger partial charge in [0.1, 0.15) is 6.54 Å². The topological polar surface area (TPSA) is 76.9 Å². The lowest BCUT2D eigenvalue weighted by molar-refractivity contribution is -0.117. The lowest BCUT2D eigenvalue weighted by Crippen LogP contribution is -2.29. The SMILES string of the molecule is CC(C)(C)c1csc(NC(=O)Cn2nc(-c3ccccc3Cl)ccc2=O)n1. The largest absolute Gasteiger partial charge is 0.300 e. The van der Waals surface area contributed by atoms with Gasteiger partial charge in [-0.2, -0.15) is 5.10 Å². The zero-order valence-electron chi connectivity index (χ0n) is 15.2. The molecule has 1 amide bonds. The van der Waals surface area contributed by atoms with E-state index in [1.807, 2.05) is 23.6 Å². The van der Waals surface area contributed by atoms with Gasteiger partial charge in [-0.1, -0.05) is 50.6 Å². The molecule has 2 aromatic heterocycles. The van der Waals surface area contributed by atoms with Gasteiger partial charge in [-0.15, -0.1) is 11.3 Å². The number of carbonyl (C=O) groups is 1. The molecule has 0 saturated heterocycles. The summed E-state index contributed by atoms with van der Waals surface area (Å²) in [5.74, 6) is -0.365. The molecular formula is C19H19ClN4O2S. The standard InChI is InChI=1S/C19H19ClN4O2S/c1-19(2,3)15-11-27-18(21-15)22-16(25)10-24-17(26)9-8-14(23-24)12-6-4-5-7-13(12)20/h4-9,11H,10H2,1-3H3,(H,21,22,25). The lowest BCUT2D eigenvalue weighted by Gasteiger charge is -2.14. The van der Waals surface area contributed by atoms with E-state index in [1.54, 1.807) is 12.1 Å². The number of hydrogen-bond acceptors (Lipinski definition) is 5. The lowest BCUT2D eigenvalue weighted by atomic mass is 9.93. The van der Waals surface area contributed by atoms with Crippen molar-refractivity contribution in [1.29, 1.82) is 0 Å². The van der Waals surface area contributed by atoms with Gasteiger partial charge in [-0.25, -0.2) is 9.67 Å². The quantitative estimate of drug-likeness (QED) is 0.716. The third kappa shape index (κ3) is 4.61. The number of benzene rings is 1. The molecule has 0 atom stereocenters. The van der Waals surface area contributed by atoms with E-state index in [9.17, 15) is 9.59 Å². The maximum Gasteiger partial charge on any atom is 0.267 e. The van der Waals surface area contributed by atoms with Crippen LogP contribution in [-0.4, -0.2) is 20.7 Å². The molecule has 3 aromatic rings. The molecule has 0 aliphatic rings. The summed E-state index contributed by atoms with van der Waals surface area (Å²) in [5, 5.41) is 9.93. The summed E-state index contributed by atoms with van der Waals surface area (Å²) in [6.45, 7) is 5.95. The monoisotopic (exact) mass is 402 g/mol. The number of hydrogen-bond donors (Lipinski definition) is 1. The number of aromatic nitrogens is 3. The molecule has 0 unspecified atom stereocenters. The van der Waals surface area contributed by atoms with E-state index >= 15 is 0 Å². The van der Waals surface area contributed by atoms with Gasteiger partial charge in [0, 0.05) is 22.4 Å². The third-order valence-corrected chi connectivity index (χ3v) is 4.92. The molecule has 0 spiro atoms. The first-order valence-corrected chi connectivity index (χ1v) is 9.59. The minimum Gasteiger partial charge on any atom is -0.300 e. The highest BCUT2D eigenvalue weighted by atomic mass is 35.5. The summed E-state index contributed by atoms with van der Waals surface area (Å²) in [7, 11) is 0. The number of rotatable bonds is 4. The maximum absolute atomic E-state index is 12.3. The van der Waals surface area contributed by atoms with Crippen LogP contribution in [0.25, 0.3) is 11.3 Å². The third-order valence-electron chi connectivity index (χ3n) is 3.83. The highest BCUT2D eigenvalue weighted by Gasteiger charge is 2.18. The molecule has 1 N–H and O–H groups in total. The zero-order valence-corrected chi connectivity index (χ0v) is 16.8. The van der Waals surface area contributed by atoms with Crippen LogP contribution in [0.4, 0.5) is 5.13 Å². The van der Waals surface area contributed by atoms with E-state index in [4.69, 9.17) is 11.6 Å². The molecule has 1 aromatic carbocycles. The molecule has 0 aliphatic heterocycles. The van der Waals surface area contributed by atoms with Crippen LogP contribution >= 0.6 is 22.9 Å². The number of halogens is 1. The number of nitrogens with zero attached hydrogens (tertiary/aromatic N) is 3. The number of nitrogens with one attached hydrogen (secondary N) is 1. The Bertz CT molecular complexity index is 1040. The fourth-order valence-corrected chi connectivity index (χ4v) is 3.53. The van der Waals surface area contributed by atoms with Gasteiger partial charge in [-0.3, -0.25) is 9.59 Å². The number of thiazole rings is 1. The Balaban J connectivity index is 1.78. The van der Waals surface area contributed by atoms with Crippen LogP contribution in [0, 0.1) is 0 Å². The second-order valence-corrected chi connectivity index (χ2v) is 8.30. The predicted molar refractivity (Wildman–Crippen MR) is 108 cm³/mol. The molecule has 140 valence electrons. The van der Waals surface area contributed by atoms with Crippen LogP contribution in [0.15, 0.2) is 46.6 Å². The minimum absolute atomic E-state index is 0.0960. The van der Waals surface area contributed by atoms with Crippen molar-refractivity contribution < 1.29 is 4.79 Å². The first-order valence-electron chi connectivity index (χ1n) is 8.33. The van der Waals surface area contributed by atoms with Crippen molar-refractivity contribution in [3.63, 3.8) is 0 Å². The summed E-state index contributed by atoms with van der Waals surface area (Å²) < 4.78 is 1.12. The summed E-state index contributed by atoms with van der Waals surface area (Å²) in [6.07, 6.45) is 0. The molecule has 2 heterocycles. The van der Waals surface area contributed by atoms with Gasteiger partial charge < -0.3 is 5.32 Å². The van der Waals surface area contributed by atoms with E-state index in [0.29, 0.717) is 21.4 Å². The van der Waals surface area contributed by atoms with Crippen molar-refractivity contribution in [3.05, 3.63) is 62.8 Å². The summed E-state index contributed by atoms with van der Waals surface area (Å²) in [6, 6.07) is 10.2. The second kappa shape index (κ2) is 7.62.